The number of rotatable bonds is 8. The van der Waals surface area contributed by atoms with Crippen LogP contribution in [0.2, 0.25) is 0 Å². The lowest BCUT2D eigenvalue weighted by Crippen LogP contribution is -2.35. The zero-order valence-electron chi connectivity index (χ0n) is 15.3. The maximum absolute atomic E-state index is 13.5. The number of carbonyl (C=O) groups is 1. The molecule has 1 N–H and O–H groups in total. The second-order valence-electron chi connectivity index (χ2n) is 6.14. The van der Waals surface area contributed by atoms with Crippen LogP contribution in [0.1, 0.15) is 26.3 Å². The van der Waals surface area contributed by atoms with Crippen LogP contribution in [0.4, 0.5) is 0 Å². The van der Waals surface area contributed by atoms with E-state index in [2.05, 4.69) is 5.09 Å². The molecule has 0 heterocycles. The topological polar surface area (TPSA) is 64.6 Å². The van der Waals surface area contributed by atoms with Gasteiger partial charge in [0.25, 0.3) is 0 Å². The maximum Gasteiger partial charge on any atom is 0.379 e. The summed E-state index contributed by atoms with van der Waals surface area (Å²) in [5, 5.41) is 2.83. The van der Waals surface area contributed by atoms with Gasteiger partial charge in [0.05, 0.1) is 6.10 Å². The largest absolute Gasteiger partial charge is 0.462 e. The highest BCUT2D eigenvalue weighted by Crippen LogP contribution is 2.59. The van der Waals surface area contributed by atoms with Gasteiger partial charge < -0.3 is 9.26 Å². The lowest BCUT2D eigenvalue weighted by Gasteiger charge is -2.23. The van der Waals surface area contributed by atoms with Crippen molar-refractivity contribution in [1.82, 2.24) is 5.09 Å². The van der Waals surface area contributed by atoms with Crippen LogP contribution in [0.15, 0.2) is 59.5 Å². The van der Waals surface area contributed by atoms with E-state index in [0.717, 1.165) is 21.8 Å². The number of ether oxygens (including phenoxy) is 1. The zero-order valence-corrected chi connectivity index (χ0v) is 17.1. The first kappa shape index (κ1) is 20.6. The minimum Gasteiger partial charge on any atom is -0.462 e. The van der Waals surface area contributed by atoms with Crippen LogP contribution in [0, 0.1) is 6.92 Å². The predicted octanol–water partition coefficient (Wildman–Crippen LogP) is 5.20. The molecule has 0 spiro atoms. The summed E-state index contributed by atoms with van der Waals surface area (Å²) < 4.78 is 24.4. The Balaban J connectivity index is 2.21. The van der Waals surface area contributed by atoms with Crippen molar-refractivity contribution in [3.05, 3.63) is 60.2 Å². The third kappa shape index (κ3) is 6.52. The van der Waals surface area contributed by atoms with E-state index >= 15 is 0 Å². The number of esters is 1. The average Bonchev–Trinajstić information content (AvgIpc) is 2.57. The maximum atomic E-state index is 13.5. The van der Waals surface area contributed by atoms with Crippen LogP contribution in [0.25, 0.3) is 0 Å². The van der Waals surface area contributed by atoms with Crippen molar-refractivity contribution in [1.29, 1.82) is 0 Å². The number of carbonyl (C=O) groups excluding carboxylic acids is 1. The summed E-state index contributed by atoms with van der Waals surface area (Å²) >= 11 is 1.07. The van der Waals surface area contributed by atoms with Gasteiger partial charge in [-0.15, -0.1) is 0 Å². The van der Waals surface area contributed by atoms with Crippen LogP contribution in [-0.2, 0) is 14.1 Å². The number of hydrogen-bond donors (Lipinski definition) is 1. The summed E-state index contributed by atoms with van der Waals surface area (Å²) in [6, 6.07) is 15.7. The third-order valence-electron chi connectivity index (χ3n) is 3.27. The van der Waals surface area contributed by atoms with Crippen molar-refractivity contribution in [2.45, 2.75) is 44.7 Å². The molecular formula is C19H24NO4PS. The van der Waals surface area contributed by atoms with Gasteiger partial charge in [-0.2, -0.15) is 0 Å². The summed E-state index contributed by atoms with van der Waals surface area (Å²) in [6.45, 7) is 3.67. The Bertz CT molecular complexity index is 765. The van der Waals surface area contributed by atoms with Gasteiger partial charge in [-0.1, -0.05) is 35.9 Å². The van der Waals surface area contributed by atoms with E-state index in [1.165, 1.54) is 0 Å². The SMILES string of the molecule is Cc1ccc(S[P@](=O)(N[C@@H](C)C(=O)OC(C)C)Oc2ccccc2)cc1. The second-order valence-corrected chi connectivity index (χ2v) is 10.2. The fourth-order valence-corrected chi connectivity index (χ4v) is 5.91. The van der Waals surface area contributed by atoms with E-state index in [1.807, 2.05) is 37.3 Å². The predicted molar refractivity (Wildman–Crippen MR) is 106 cm³/mol. The molecular weight excluding hydrogens is 369 g/mol. The van der Waals surface area contributed by atoms with Crippen LogP contribution in [-0.4, -0.2) is 18.1 Å². The quantitative estimate of drug-likeness (QED) is 0.491. The lowest BCUT2D eigenvalue weighted by molar-refractivity contribution is -0.148. The molecule has 140 valence electrons. The summed E-state index contributed by atoms with van der Waals surface area (Å²) in [4.78, 5) is 12.9. The van der Waals surface area contributed by atoms with Crippen molar-refractivity contribution in [3.63, 3.8) is 0 Å². The van der Waals surface area contributed by atoms with Crippen molar-refractivity contribution in [3.8, 4) is 5.75 Å². The number of hydrogen-bond acceptors (Lipinski definition) is 5. The third-order valence-corrected chi connectivity index (χ3v) is 7.04. The molecule has 2 atom stereocenters. The van der Waals surface area contributed by atoms with E-state index in [4.69, 9.17) is 9.26 Å². The first-order valence-corrected chi connectivity index (χ1v) is 11.4. The molecule has 0 bridgehead atoms. The number of para-hydroxylation sites is 1. The van der Waals surface area contributed by atoms with Crippen molar-refractivity contribution >= 4 is 24.1 Å². The number of aryl methyl sites for hydroxylation is 1. The molecule has 0 radical (unpaired) electrons. The molecule has 2 aromatic carbocycles. The van der Waals surface area contributed by atoms with Crippen LogP contribution >= 0.6 is 18.1 Å². The van der Waals surface area contributed by atoms with E-state index in [-0.39, 0.29) is 6.10 Å². The minimum atomic E-state index is -3.47. The van der Waals surface area contributed by atoms with Crippen LogP contribution in [0.5, 0.6) is 5.75 Å². The summed E-state index contributed by atoms with van der Waals surface area (Å²) in [5.41, 5.74) is 1.11. The Labute approximate surface area is 158 Å². The molecule has 0 saturated heterocycles. The second kappa shape index (κ2) is 9.26. The molecule has 0 aromatic heterocycles. The average molecular weight is 393 g/mol. The van der Waals surface area contributed by atoms with E-state index in [0.29, 0.717) is 5.75 Å². The highest BCUT2D eigenvalue weighted by molar-refractivity contribution is 8.56. The summed E-state index contributed by atoms with van der Waals surface area (Å²) in [7, 11) is 0. The van der Waals surface area contributed by atoms with Crippen LogP contribution in [0.3, 0.4) is 0 Å². The molecule has 0 aliphatic carbocycles. The van der Waals surface area contributed by atoms with Gasteiger partial charge >= 0.3 is 12.7 Å². The smallest absolute Gasteiger partial charge is 0.379 e. The number of nitrogens with one attached hydrogen (secondary N) is 1. The van der Waals surface area contributed by atoms with Gasteiger partial charge in [0, 0.05) is 4.90 Å². The molecule has 26 heavy (non-hydrogen) atoms. The van der Waals surface area contributed by atoms with Crippen molar-refractivity contribution in [2.24, 2.45) is 0 Å². The zero-order chi connectivity index (χ0) is 19.2. The fourth-order valence-electron chi connectivity index (χ4n) is 2.05. The fraction of sp³-hybridized carbons (Fsp3) is 0.316. The first-order valence-electron chi connectivity index (χ1n) is 8.36. The molecule has 7 heteroatoms. The molecule has 0 aliphatic heterocycles. The van der Waals surface area contributed by atoms with Gasteiger partial charge in [0.1, 0.15) is 11.8 Å². The van der Waals surface area contributed by atoms with Crippen molar-refractivity contribution < 1.29 is 18.6 Å². The van der Waals surface area contributed by atoms with Gasteiger partial charge in [-0.05, 0) is 63.3 Å². The molecule has 0 amide bonds. The highest BCUT2D eigenvalue weighted by atomic mass is 32.7. The van der Waals surface area contributed by atoms with Gasteiger partial charge in [-0.3, -0.25) is 4.79 Å². The molecule has 0 unspecified atom stereocenters. The molecule has 0 aliphatic rings. The Morgan fingerprint density at radius 3 is 2.23 bits per heavy atom. The monoisotopic (exact) mass is 393 g/mol. The van der Waals surface area contributed by atoms with Gasteiger partial charge in [-0.25, -0.2) is 9.65 Å². The molecule has 0 fully saturated rings. The molecule has 5 nitrogen and oxygen atoms in total. The van der Waals surface area contributed by atoms with Crippen LogP contribution < -0.4 is 9.61 Å². The molecule has 2 aromatic rings. The Morgan fingerprint density at radius 2 is 1.65 bits per heavy atom. The Morgan fingerprint density at radius 1 is 1.04 bits per heavy atom. The van der Waals surface area contributed by atoms with Gasteiger partial charge in [0.15, 0.2) is 0 Å². The van der Waals surface area contributed by atoms with E-state index < -0.39 is 18.7 Å². The lowest BCUT2D eigenvalue weighted by atomic mass is 10.2. The van der Waals surface area contributed by atoms with E-state index in [1.54, 1.807) is 45.0 Å². The molecule has 0 saturated carbocycles. The Kier molecular flexibility index (Phi) is 7.33. The first-order chi connectivity index (χ1) is 12.3. The highest BCUT2D eigenvalue weighted by Gasteiger charge is 2.32. The summed E-state index contributed by atoms with van der Waals surface area (Å²) in [5.74, 6) is -0.00577. The van der Waals surface area contributed by atoms with Gasteiger partial charge in [0.2, 0.25) is 0 Å². The van der Waals surface area contributed by atoms with Crippen molar-refractivity contribution in [2.75, 3.05) is 0 Å². The van der Waals surface area contributed by atoms with E-state index in [9.17, 15) is 9.36 Å². The standard InChI is InChI=1S/C19H24NO4PS/c1-14(2)23-19(21)16(4)20-25(22,24-17-8-6-5-7-9-17)26-18-12-10-15(3)11-13-18/h5-14,16H,1-4H3,(H,20,22)/t16-,25-/m0/s1. The summed E-state index contributed by atoms with van der Waals surface area (Å²) in [6.07, 6.45) is -0.245. The number of benzene rings is 2. The Hall–Kier alpha value is -1.75. The molecule has 2 rings (SSSR count). The normalized spacial score (nSPS) is 14.5. The minimum absolute atomic E-state index is 0.245.